The van der Waals surface area contributed by atoms with Crippen molar-refractivity contribution in [2.75, 3.05) is 19.0 Å². The van der Waals surface area contributed by atoms with Crippen LogP contribution in [-0.4, -0.2) is 35.3 Å². The number of anilines is 1. The number of halogens is 1. The van der Waals surface area contributed by atoms with E-state index < -0.39 is 0 Å². The lowest BCUT2D eigenvalue weighted by Crippen LogP contribution is -2.26. The van der Waals surface area contributed by atoms with Crippen molar-refractivity contribution in [1.29, 1.82) is 0 Å². The zero-order chi connectivity index (χ0) is 21.0. The van der Waals surface area contributed by atoms with Gasteiger partial charge in [0.1, 0.15) is 6.61 Å². The summed E-state index contributed by atoms with van der Waals surface area (Å²) in [7, 11) is 1.45. The van der Waals surface area contributed by atoms with Gasteiger partial charge in [0.15, 0.2) is 0 Å². The van der Waals surface area contributed by atoms with E-state index in [0.29, 0.717) is 16.3 Å². The molecule has 29 heavy (non-hydrogen) atoms. The molecule has 0 atom stereocenters. The van der Waals surface area contributed by atoms with Gasteiger partial charge in [-0.25, -0.2) is 0 Å². The molecule has 2 amide bonds. The maximum Gasteiger partial charge on any atom is 0.257 e. The summed E-state index contributed by atoms with van der Waals surface area (Å²) in [5.41, 5.74) is 2.70. The fourth-order valence-electron chi connectivity index (χ4n) is 3.02. The number of fused-ring (bicyclic) bond motifs is 1. The normalized spacial score (nSPS) is 11.1. The van der Waals surface area contributed by atoms with E-state index in [1.807, 2.05) is 36.7 Å². The maximum atomic E-state index is 12.9. The van der Waals surface area contributed by atoms with Crippen LogP contribution < -0.4 is 10.6 Å². The summed E-state index contributed by atoms with van der Waals surface area (Å²) < 4.78 is 6.69. The van der Waals surface area contributed by atoms with Crippen LogP contribution in [0.4, 0.5) is 5.69 Å². The van der Waals surface area contributed by atoms with E-state index in [9.17, 15) is 9.59 Å². The van der Waals surface area contributed by atoms with E-state index in [1.54, 1.807) is 24.4 Å². The Balaban J connectivity index is 1.81. The number of benzene rings is 2. The van der Waals surface area contributed by atoms with Gasteiger partial charge in [0, 0.05) is 25.1 Å². The average Bonchev–Trinajstić information content (AvgIpc) is 3.13. The molecule has 3 rings (SSSR count). The van der Waals surface area contributed by atoms with E-state index in [2.05, 4.69) is 15.7 Å². The van der Waals surface area contributed by atoms with Gasteiger partial charge in [-0.3, -0.25) is 14.3 Å². The van der Waals surface area contributed by atoms with Gasteiger partial charge in [0.05, 0.1) is 28.0 Å². The highest BCUT2D eigenvalue weighted by molar-refractivity contribution is 6.34. The molecule has 0 bridgehead atoms. The van der Waals surface area contributed by atoms with E-state index in [1.165, 1.54) is 7.11 Å². The summed E-state index contributed by atoms with van der Waals surface area (Å²) in [5, 5.41) is 11.2. The first kappa shape index (κ1) is 20.8. The fraction of sp³-hybridized carbons (Fsp3) is 0.286. The van der Waals surface area contributed by atoms with Crippen molar-refractivity contribution in [3.63, 3.8) is 0 Å². The number of carbonyl (C=O) groups excluding carboxylic acids is 2. The number of hydrogen-bond donors (Lipinski definition) is 2. The number of nitrogens with one attached hydrogen (secondary N) is 2. The number of rotatable bonds is 7. The van der Waals surface area contributed by atoms with Gasteiger partial charge in [-0.15, -0.1) is 0 Å². The van der Waals surface area contributed by atoms with Gasteiger partial charge >= 0.3 is 0 Å². The number of aromatic nitrogens is 2. The summed E-state index contributed by atoms with van der Waals surface area (Å²) in [4.78, 5) is 24.5. The minimum absolute atomic E-state index is 0.0189. The van der Waals surface area contributed by atoms with Crippen molar-refractivity contribution in [3.05, 3.63) is 58.7 Å². The van der Waals surface area contributed by atoms with Gasteiger partial charge in [-0.05, 0) is 43.7 Å². The van der Waals surface area contributed by atoms with Crippen molar-refractivity contribution >= 4 is 40.0 Å². The van der Waals surface area contributed by atoms with Gasteiger partial charge in [0.25, 0.3) is 5.91 Å². The summed E-state index contributed by atoms with van der Waals surface area (Å²) in [5.74, 6) is -0.563. The molecule has 0 aliphatic rings. The Bertz CT molecular complexity index is 1050. The van der Waals surface area contributed by atoms with Gasteiger partial charge in [-0.1, -0.05) is 23.7 Å². The molecule has 0 radical (unpaired) electrons. The van der Waals surface area contributed by atoms with Gasteiger partial charge in [-0.2, -0.15) is 5.10 Å². The van der Waals surface area contributed by atoms with E-state index in [0.717, 1.165) is 16.5 Å². The Morgan fingerprint density at radius 1 is 1.24 bits per heavy atom. The second kappa shape index (κ2) is 9.07. The van der Waals surface area contributed by atoms with Crippen molar-refractivity contribution in [2.45, 2.75) is 26.4 Å². The van der Waals surface area contributed by atoms with Crippen molar-refractivity contribution < 1.29 is 14.3 Å². The van der Waals surface area contributed by atoms with Gasteiger partial charge < -0.3 is 15.4 Å². The Hall–Kier alpha value is -2.90. The van der Waals surface area contributed by atoms with Crippen LogP contribution in [0.5, 0.6) is 0 Å². The number of ether oxygens (including phenoxy) is 1. The van der Waals surface area contributed by atoms with Crippen LogP contribution in [0.15, 0.2) is 42.6 Å². The molecule has 2 aromatic carbocycles. The van der Waals surface area contributed by atoms with Gasteiger partial charge in [0.2, 0.25) is 5.91 Å². The molecule has 0 spiro atoms. The summed E-state index contributed by atoms with van der Waals surface area (Å²) in [6.07, 6.45) is 1.74. The van der Waals surface area contributed by atoms with Crippen LogP contribution in [0.3, 0.4) is 0 Å². The largest absolute Gasteiger partial charge is 0.375 e. The second-order valence-corrected chi connectivity index (χ2v) is 7.31. The molecule has 3 aromatic rings. The van der Waals surface area contributed by atoms with Crippen LogP contribution in [0.25, 0.3) is 10.9 Å². The molecule has 0 fully saturated rings. The number of nitrogens with zero attached hydrogens (tertiary/aromatic N) is 2. The summed E-state index contributed by atoms with van der Waals surface area (Å²) in [6.45, 7) is 4.36. The molecule has 7 nitrogen and oxygen atoms in total. The third-order valence-electron chi connectivity index (χ3n) is 4.42. The molecular weight excluding hydrogens is 392 g/mol. The topological polar surface area (TPSA) is 85.2 Å². The minimum atomic E-state index is -0.329. The molecule has 152 valence electrons. The first-order valence-corrected chi connectivity index (χ1v) is 9.60. The third-order valence-corrected chi connectivity index (χ3v) is 4.75. The Morgan fingerprint density at radius 2 is 2.03 bits per heavy atom. The van der Waals surface area contributed by atoms with Crippen LogP contribution >= 0.6 is 11.6 Å². The molecule has 0 aliphatic carbocycles. The predicted molar refractivity (Wildman–Crippen MR) is 113 cm³/mol. The highest BCUT2D eigenvalue weighted by Crippen LogP contribution is 2.26. The first-order chi connectivity index (χ1) is 13.9. The SMILES string of the molecule is COCC(=O)NCc1ccc(Cl)c(C(=O)Nc2cccc3c2cnn3C(C)C)c1. The zero-order valence-corrected chi connectivity index (χ0v) is 17.3. The van der Waals surface area contributed by atoms with Crippen LogP contribution in [0, 0.1) is 0 Å². The molecule has 0 saturated carbocycles. The highest BCUT2D eigenvalue weighted by atomic mass is 35.5. The number of amides is 2. The van der Waals surface area contributed by atoms with Crippen molar-refractivity contribution in [1.82, 2.24) is 15.1 Å². The Morgan fingerprint density at radius 3 is 2.76 bits per heavy atom. The van der Waals surface area contributed by atoms with Crippen LogP contribution in [-0.2, 0) is 16.1 Å². The lowest BCUT2D eigenvalue weighted by atomic mass is 10.1. The highest BCUT2D eigenvalue weighted by Gasteiger charge is 2.15. The quantitative estimate of drug-likeness (QED) is 0.616. The predicted octanol–water partition coefficient (Wildman–Crippen LogP) is 3.79. The average molecular weight is 415 g/mol. The van der Waals surface area contributed by atoms with Crippen LogP contribution in [0.2, 0.25) is 5.02 Å². The Labute approximate surface area is 174 Å². The lowest BCUT2D eigenvalue weighted by Gasteiger charge is -2.11. The molecular formula is C21H23ClN4O3. The van der Waals surface area contributed by atoms with E-state index in [4.69, 9.17) is 16.3 Å². The first-order valence-electron chi connectivity index (χ1n) is 9.22. The van der Waals surface area contributed by atoms with E-state index in [-0.39, 0.29) is 31.0 Å². The number of hydrogen-bond acceptors (Lipinski definition) is 4. The molecule has 0 unspecified atom stereocenters. The zero-order valence-electron chi connectivity index (χ0n) is 16.5. The fourth-order valence-corrected chi connectivity index (χ4v) is 3.22. The minimum Gasteiger partial charge on any atom is -0.375 e. The molecule has 0 aliphatic heterocycles. The molecule has 2 N–H and O–H groups in total. The summed E-state index contributed by atoms with van der Waals surface area (Å²) >= 11 is 6.25. The van der Waals surface area contributed by atoms with E-state index >= 15 is 0 Å². The number of carbonyl (C=O) groups is 2. The monoisotopic (exact) mass is 414 g/mol. The second-order valence-electron chi connectivity index (χ2n) is 6.90. The molecule has 0 saturated heterocycles. The smallest absolute Gasteiger partial charge is 0.257 e. The summed E-state index contributed by atoms with van der Waals surface area (Å²) in [6, 6.07) is 11.0. The molecule has 1 heterocycles. The molecule has 8 heteroatoms. The number of methoxy groups -OCH3 is 1. The van der Waals surface area contributed by atoms with Crippen molar-refractivity contribution in [2.24, 2.45) is 0 Å². The Kier molecular flexibility index (Phi) is 6.51. The third kappa shape index (κ3) is 4.75. The van der Waals surface area contributed by atoms with Crippen molar-refractivity contribution in [3.8, 4) is 0 Å². The molecule has 1 aromatic heterocycles. The van der Waals surface area contributed by atoms with Crippen LogP contribution in [0.1, 0.15) is 35.8 Å². The standard InChI is InChI=1S/C21H23ClN4O3/c1-13(2)26-19-6-4-5-18(16(19)11-24-26)25-21(28)15-9-14(7-8-17(15)22)10-23-20(27)12-29-3/h4-9,11,13H,10,12H2,1-3H3,(H,23,27)(H,25,28). The lowest BCUT2D eigenvalue weighted by molar-refractivity contribution is -0.124. The maximum absolute atomic E-state index is 12.9.